The molecule has 0 spiro atoms. The van der Waals surface area contributed by atoms with Crippen molar-refractivity contribution < 1.29 is 4.79 Å². The molecule has 1 saturated carbocycles. The number of amides is 1. The molecule has 1 amide bonds. The molecular formula is C27H32N2O. The van der Waals surface area contributed by atoms with E-state index in [-0.39, 0.29) is 12.0 Å². The van der Waals surface area contributed by atoms with Gasteiger partial charge in [-0.1, -0.05) is 74.5 Å². The number of aromatic nitrogens is 1. The lowest BCUT2D eigenvalue weighted by atomic mass is 10.0. The minimum atomic E-state index is 0.117. The van der Waals surface area contributed by atoms with Gasteiger partial charge in [-0.3, -0.25) is 4.79 Å². The van der Waals surface area contributed by atoms with Gasteiger partial charge in [0, 0.05) is 30.4 Å². The highest BCUT2D eigenvalue weighted by molar-refractivity contribution is 5.83. The minimum Gasteiger partial charge on any atom is -0.345 e. The number of carbonyl (C=O) groups excluding carboxylic acids is 1. The highest BCUT2D eigenvalue weighted by atomic mass is 16.2. The number of nitrogens with zero attached hydrogens (tertiary/aromatic N) is 2. The molecule has 3 heteroatoms. The fourth-order valence-electron chi connectivity index (χ4n) is 4.23. The first kappa shape index (κ1) is 20.5. The Morgan fingerprint density at radius 1 is 0.967 bits per heavy atom. The normalized spacial score (nSPS) is 18.9. The fourth-order valence-corrected chi connectivity index (χ4v) is 4.23. The zero-order valence-corrected chi connectivity index (χ0v) is 18.2. The summed E-state index contributed by atoms with van der Waals surface area (Å²) in [5.74, 6) is 1.21. The van der Waals surface area contributed by atoms with Crippen molar-refractivity contribution >= 4 is 5.91 Å². The molecule has 1 aliphatic carbocycles. The van der Waals surface area contributed by atoms with Gasteiger partial charge in [-0.05, 0) is 48.4 Å². The van der Waals surface area contributed by atoms with Crippen LogP contribution >= 0.6 is 0 Å². The largest absolute Gasteiger partial charge is 0.345 e. The molecule has 1 heterocycles. The van der Waals surface area contributed by atoms with Crippen LogP contribution in [0.15, 0.2) is 79.0 Å². The Bertz CT molecular complexity index is 961. The van der Waals surface area contributed by atoms with Crippen molar-refractivity contribution in [2.24, 2.45) is 11.8 Å². The summed E-state index contributed by atoms with van der Waals surface area (Å²) < 4.78 is 2.27. The molecule has 1 fully saturated rings. The summed E-state index contributed by atoms with van der Waals surface area (Å²) in [6.45, 7) is 8.09. The second-order valence-corrected chi connectivity index (χ2v) is 8.92. The molecule has 4 rings (SSSR count). The maximum atomic E-state index is 13.5. The molecule has 0 N–H and O–H groups in total. The second kappa shape index (κ2) is 8.91. The van der Waals surface area contributed by atoms with Crippen molar-refractivity contribution in [2.45, 2.75) is 52.2 Å². The van der Waals surface area contributed by atoms with Gasteiger partial charge in [0.05, 0.1) is 6.54 Å². The third-order valence-electron chi connectivity index (χ3n) is 6.53. The van der Waals surface area contributed by atoms with Crippen molar-refractivity contribution in [1.82, 2.24) is 9.47 Å². The van der Waals surface area contributed by atoms with Crippen LogP contribution in [0.4, 0.5) is 0 Å². The van der Waals surface area contributed by atoms with Gasteiger partial charge in [0.25, 0.3) is 0 Å². The molecular weight excluding hydrogens is 368 g/mol. The molecule has 0 bridgehead atoms. The molecule has 3 nitrogen and oxygen atoms in total. The first-order valence-electron chi connectivity index (χ1n) is 11.1. The van der Waals surface area contributed by atoms with E-state index in [9.17, 15) is 4.79 Å². The van der Waals surface area contributed by atoms with E-state index in [0.29, 0.717) is 24.3 Å². The fraction of sp³-hybridized carbons (Fsp3) is 0.370. The predicted molar refractivity (Wildman–Crippen MR) is 122 cm³/mol. The molecule has 0 aliphatic heterocycles. The summed E-state index contributed by atoms with van der Waals surface area (Å²) in [7, 11) is 0. The van der Waals surface area contributed by atoms with Crippen molar-refractivity contribution in [2.75, 3.05) is 0 Å². The van der Waals surface area contributed by atoms with Gasteiger partial charge < -0.3 is 9.47 Å². The maximum Gasteiger partial charge on any atom is 0.226 e. The van der Waals surface area contributed by atoms with Crippen molar-refractivity contribution in [3.63, 3.8) is 0 Å². The van der Waals surface area contributed by atoms with Crippen LogP contribution in [0.25, 0.3) is 0 Å². The quantitative estimate of drug-likeness (QED) is 0.475. The monoisotopic (exact) mass is 400 g/mol. The average molecular weight is 401 g/mol. The smallest absolute Gasteiger partial charge is 0.226 e. The molecule has 30 heavy (non-hydrogen) atoms. The van der Waals surface area contributed by atoms with E-state index >= 15 is 0 Å². The molecule has 3 atom stereocenters. The summed E-state index contributed by atoms with van der Waals surface area (Å²) >= 11 is 0. The number of hydrogen-bond acceptors (Lipinski definition) is 1. The van der Waals surface area contributed by atoms with E-state index in [1.165, 1.54) is 16.8 Å². The summed E-state index contributed by atoms with van der Waals surface area (Å²) in [4.78, 5) is 15.7. The van der Waals surface area contributed by atoms with Crippen LogP contribution in [0, 0.1) is 11.8 Å². The molecule has 0 saturated heterocycles. The van der Waals surface area contributed by atoms with E-state index in [1.54, 1.807) is 0 Å². The third-order valence-corrected chi connectivity index (χ3v) is 6.53. The highest BCUT2D eigenvalue weighted by Crippen LogP contribution is 2.48. The molecule has 0 unspecified atom stereocenters. The summed E-state index contributed by atoms with van der Waals surface area (Å²) in [6.07, 6.45) is 3.09. The maximum absolute atomic E-state index is 13.5. The van der Waals surface area contributed by atoms with Crippen molar-refractivity contribution in [1.29, 1.82) is 0 Å². The van der Waals surface area contributed by atoms with E-state index in [2.05, 4.69) is 97.1 Å². The molecule has 156 valence electrons. The van der Waals surface area contributed by atoms with Crippen molar-refractivity contribution in [3.05, 3.63) is 95.8 Å². The Labute approximate surface area is 180 Å². The molecule has 1 aliphatic rings. The first-order valence-corrected chi connectivity index (χ1v) is 11.1. The summed E-state index contributed by atoms with van der Waals surface area (Å²) in [6, 6.07) is 25.4. The number of carbonyl (C=O) groups is 1. The zero-order chi connectivity index (χ0) is 21.1. The van der Waals surface area contributed by atoms with E-state index in [1.807, 2.05) is 12.1 Å². The lowest BCUT2D eigenvalue weighted by Gasteiger charge is -2.32. The minimum absolute atomic E-state index is 0.117. The first-order chi connectivity index (χ1) is 14.5. The SMILES string of the molecule is CC(C)[C@H](C)N(Cc1cccn1Cc1ccccc1)C(=O)[C@@H]1C[C@@H]1c1ccccc1. The van der Waals surface area contributed by atoms with Gasteiger partial charge in [-0.25, -0.2) is 0 Å². The number of benzene rings is 2. The summed E-state index contributed by atoms with van der Waals surface area (Å²) in [5, 5.41) is 0. The Hall–Kier alpha value is -2.81. The van der Waals surface area contributed by atoms with Crippen LogP contribution < -0.4 is 0 Å². The highest BCUT2D eigenvalue weighted by Gasteiger charge is 2.46. The van der Waals surface area contributed by atoms with Crippen LogP contribution in [-0.2, 0) is 17.9 Å². The molecule has 1 aromatic heterocycles. The van der Waals surface area contributed by atoms with E-state index < -0.39 is 0 Å². The van der Waals surface area contributed by atoms with Gasteiger partial charge in [0.2, 0.25) is 5.91 Å². The van der Waals surface area contributed by atoms with E-state index in [4.69, 9.17) is 0 Å². The summed E-state index contributed by atoms with van der Waals surface area (Å²) in [5.41, 5.74) is 3.76. The van der Waals surface area contributed by atoms with Gasteiger partial charge in [0.1, 0.15) is 0 Å². The van der Waals surface area contributed by atoms with Crippen LogP contribution in [0.3, 0.4) is 0 Å². The van der Waals surface area contributed by atoms with Crippen molar-refractivity contribution in [3.8, 4) is 0 Å². The molecule has 0 radical (unpaired) electrons. The Morgan fingerprint density at radius 2 is 1.63 bits per heavy atom. The zero-order valence-electron chi connectivity index (χ0n) is 18.2. The predicted octanol–water partition coefficient (Wildman–Crippen LogP) is 5.71. The number of hydrogen-bond donors (Lipinski definition) is 0. The van der Waals surface area contributed by atoms with Crippen LogP contribution in [0.5, 0.6) is 0 Å². The van der Waals surface area contributed by atoms with E-state index in [0.717, 1.165) is 13.0 Å². The van der Waals surface area contributed by atoms with Crippen LogP contribution in [0.1, 0.15) is 49.9 Å². The van der Waals surface area contributed by atoms with Gasteiger partial charge in [-0.15, -0.1) is 0 Å². The Balaban J connectivity index is 1.52. The number of rotatable bonds is 8. The van der Waals surface area contributed by atoms with Gasteiger partial charge in [0.15, 0.2) is 0 Å². The topological polar surface area (TPSA) is 25.2 Å². The Kier molecular flexibility index (Phi) is 6.08. The van der Waals surface area contributed by atoms with Gasteiger partial charge >= 0.3 is 0 Å². The van der Waals surface area contributed by atoms with Gasteiger partial charge in [-0.2, -0.15) is 0 Å². The average Bonchev–Trinajstić information content (AvgIpc) is 3.46. The third kappa shape index (κ3) is 4.51. The lowest BCUT2D eigenvalue weighted by molar-refractivity contribution is -0.136. The Morgan fingerprint density at radius 3 is 2.30 bits per heavy atom. The lowest BCUT2D eigenvalue weighted by Crippen LogP contribution is -2.42. The standard InChI is InChI=1S/C27H32N2O/c1-20(2)21(3)29(27(30)26-17-25(26)23-13-8-5-9-14-23)19-24-15-10-16-28(24)18-22-11-6-4-7-12-22/h4-16,20-21,25-26H,17-19H2,1-3H3/t21-,25+,26+/m0/s1. The van der Waals surface area contributed by atoms with Crippen LogP contribution in [-0.4, -0.2) is 21.4 Å². The van der Waals surface area contributed by atoms with Crippen LogP contribution in [0.2, 0.25) is 0 Å². The second-order valence-electron chi connectivity index (χ2n) is 8.92. The molecule has 2 aromatic carbocycles. The molecule has 3 aromatic rings.